The zero-order chi connectivity index (χ0) is 20.4. The van der Waals surface area contributed by atoms with Gasteiger partial charge in [-0.15, -0.1) is 0 Å². The van der Waals surface area contributed by atoms with Crippen LogP contribution >= 0.6 is 0 Å². The van der Waals surface area contributed by atoms with E-state index in [0.29, 0.717) is 6.61 Å². The number of nitrogens with zero attached hydrogens (tertiary/aromatic N) is 4. The fraction of sp³-hybridized carbons (Fsp3) is 0.440. The van der Waals surface area contributed by atoms with Gasteiger partial charge in [0.15, 0.2) is 0 Å². The summed E-state index contributed by atoms with van der Waals surface area (Å²) in [6, 6.07) is 13.0. The summed E-state index contributed by atoms with van der Waals surface area (Å²) in [4.78, 5) is 6.79. The smallest absolute Gasteiger partial charge is 0.0840 e. The molecule has 0 amide bonds. The van der Waals surface area contributed by atoms with Crippen LogP contribution in [0, 0.1) is 0 Å². The first-order valence-electron chi connectivity index (χ1n) is 11.1. The van der Waals surface area contributed by atoms with Crippen LogP contribution in [0.4, 0.5) is 0 Å². The first-order valence-corrected chi connectivity index (χ1v) is 11.1. The molecule has 156 valence electrons. The van der Waals surface area contributed by atoms with Gasteiger partial charge in [-0.05, 0) is 62.0 Å². The normalized spacial score (nSPS) is 20.5. The number of hydrogen-bond acceptors (Lipinski definition) is 4. The Morgan fingerprint density at radius 3 is 2.70 bits per heavy atom. The molecule has 1 fully saturated rings. The van der Waals surface area contributed by atoms with Crippen molar-refractivity contribution in [2.75, 3.05) is 13.1 Å². The largest absolute Gasteiger partial charge is 0.369 e. The lowest BCUT2D eigenvalue weighted by molar-refractivity contribution is 0.0208. The first kappa shape index (κ1) is 19.5. The number of aryl methyl sites for hydroxylation is 1. The summed E-state index contributed by atoms with van der Waals surface area (Å²) in [5.41, 5.74) is 5.61. The minimum atomic E-state index is 0.177. The highest BCUT2D eigenvalue weighted by Gasteiger charge is 2.45. The Labute approximate surface area is 178 Å². The SMILES string of the molecule is CCn1cc(CN2CCC3(CC2)CC(OCc2cccnc2)c2ccccc23)cn1. The van der Waals surface area contributed by atoms with Crippen LogP contribution in [0.25, 0.3) is 0 Å². The molecule has 1 aliphatic heterocycles. The number of hydrogen-bond donors (Lipinski definition) is 0. The molecule has 0 saturated carbocycles. The molecule has 1 unspecified atom stereocenters. The van der Waals surface area contributed by atoms with Gasteiger partial charge >= 0.3 is 0 Å². The Hall–Kier alpha value is -2.50. The minimum absolute atomic E-state index is 0.177. The number of benzene rings is 1. The lowest BCUT2D eigenvalue weighted by Gasteiger charge is -2.40. The van der Waals surface area contributed by atoms with Gasteiger partial charge in [-0.1, -0.05) is 30.3 Å². The maximum absolute atomic E-state index is 6.42. The Kier molecular flexibility index (Phi) is 5.40. The average molecular weight is 403 g/mol. The molecule has 3 aromatic rings. The van der Waals surface area contributed by atoms with Crippen LogP contribution in [-0.4, -0.2) is 32.8 Å². The van der Waals surface area contributed by atoms with Gasteiger partial charge in [-0.3, -0.25) is 14.6 Å². The monoisotopic (exact) mass is 402 g/mol. The van der Waals surface area contributed by atoms with Crippen LogP contribution in [0.1, 0.15) is 54.5 Å². The Bertz CT molecular complexity index is 976. The highest BCUT2D eigenvalue weighted by Crippen LogP contribution is 2.52. The van der Waals surface area contributed by atoms with Crippen molar-refractivity contribution in [3.05, 3.63) is 83.4 Å². The maximum atomic E-state index is 6.42. The van der Waals surface area contributed by atoms with Crippen molar-refractivity contribution >= 4 is 0 Å². The van der Waals surface area contributed by atoms with E-state index < -0.39 is 0 Å². The second kappa shape index (κ2) is 8.32. The number of pyridine rings is 1. The molecule has 1 atom stereocenters. The van der Waals surface area contributed by atoms with E-state index in [2.05, 4.69) is 58.4 Å². The highest BCUT2D eigenvalue weighted by molar-refractivity contribution is 5.42. The number of aromatic nitrogens is 3. The topological polar surface area (TPSA) is 43.2 Å². The van der Waals surface area contributed by atoms with Gasteiger partial charge in [0, 0.05) is 42.7 Å². The van der Waals surface area contributed by atoms with E-state index in [0.717, 1.165) is 38.2 Å². The number of piperidine rings is 1. The lowest BCUT2D eigenvalue weighted by Crippen LogP contribution is -2.41. The molecule has 30 heavy (non-hydrogen) atoms. The van der Waals surface area contributed by atoms with Crippen molar-refractivity contribution in [1.29, 1.82) is 0 Å². The number of likely N-dealkylation sites (tertiary alicyclic amines) is 1. The van der Waals surface area contributed by atoms with Gasteiger partial charge in [0.2, 0.25) is 0 Å². The summed E-state index contributed by atoms with van der Waals surface area (Å²) in [5, 5.41) is 4.43. The summed E-state index contributed by atoms with van der Waals surface area (Å²) in [5.74, 6) is 0. The van der Waals surface area contributed by atoms with Crippen molar-refractivity contribution in [3.63, 3.8) is 0 Å². The Balaban J connectivity index is 1.26. The zero-order valence-electron chi connectivity index (χ0n) is 17.7. The van der Waals surface area contributed by atoms with E-state index in [1.807, 2.05) is 29.3 Å². The summed E-state index contributed by atoms with van der Waals surface area (Å²) in [6.07, 6.45) is 11.6. The number of ether oxygens (including phenoxy) is 1. The van der Waals surface area contributed by atoms with E-state index in [1.165, 1.54) is 29.5 Å². The molecule has 5 nitrogen and oxygen atoms in total. The van der Waals surface area contributed by atoms with Gasteiger partial charge in [0.1, 0.15) is 0 Å². The second-order valence-electron chi connectivity index (χ2n) is 8.71. The minimum Gasteiger partial charge on any atom is -0.369 e. The third-order valence-electron chi connectivity index (χ3n) is 6.86. The van der Waals surface area contributed by atoms with Crippen molar-refractivity contribution in [2.24, 2.45) is 0 Å². The fourth-order valence-electron chi connectivity index (χ4n) is 5.20. The highest BCUT2D eigenvalue weighted by atomic mass is 16.5. The summed E-state index contributed by atoms with van der Waals surface area (Å²) in [7, 11) is 0. The Morgan fingerprint density at radius 1 is 1.07 bits per heavy atom. The molecule has 2 aliphatic rings. The zero-order valence-corrected chi connectivity index (χ0v) is 17.7. The molecule has 5 rings (SSSR count). The van der Waals surface area contributed by atoms with Gasteiger partial charge in [0.25, 0.3) is 0 Å². The predicted molar refractivity (Wildman–Crippen MR) is 117 cm³/mol. The molecule has 1 aliphatic carbocycles. The molecule has 1 saturated heterocycles. The molecule has 1 aromatic carbocycles. The molecule has 5 heteroatoms. The Morgan fingerprint density at radius 2 is 1.93 bits per heavy atom. The van der Waals surface area contributed by atoms with Crippen LogP contribution in [-0.2, 0) is 29.8 Å². The molecular formula is C25H30N4O. The van der Waals surface area contributed by atoms with Crippen molar-refractivity contribution < 1.29 is 4.74 Å². The van der Waals surface area contributed by atoms with E-state index in [9.17, 15) is 0 Å². The summed E-state index contributed by atoms with van der Waals surface area (Å²) >= 11 is 0. The van der Waals surface area contributed by atoms with Crippen LogP contribution in [0.2, 0.25) is 0 Å². The standard InChI is InChI=1S/C25H30N4O/c1-2-29-18-21(16-27-29)17-28-12-9-25(10-13-28)14-24(22-7-3-4-8-23(22)25)30-19-20-6-5-11-26-15-20/h3-8,11,15-16,18,24H,2,9-10,12-14,17,19H2,1H3. The van der Waals surface area contributed by atoms with Crippen LogP contribution < -0.4 is 0 Å². The maximum Gasteiger partial charge on any atom is 0.0840 e. The van der Waals surface area contributed by atoms with Gasteiger partial charge in [0.05, 0.1) is 18.9 Å². The summed E-state index contributed by atoms with van der Waals surface area (Å²) in [6.45, 7) is 6.93. The third-order valence-corrected chi connectivity index (χ3v) is 6.86. The van der Waals surface area contributed by atoms with Gasteiger partial charge < -0.3 is 4.74 Å². The average Bonchev–Trinajstić information content (AvgIpc) is 3.38. The molecule has 1 spiro atoms. The van der Waals surface area contributed by atoms with Crippen LogP contribution in [0.3, 0.4) is 0 Å². The number of rotatable bonds is 6. The van der Waals surface area contributed by atoms with Crippen LogP contribution in [0.5, 0.6) is 0 Å². The third kappa shape index (κ3) is 3.80. The molecule has 0 bridgehead atoms. The predicted octanol–water partition coefficient (Wildman–Crippen LogP) is 4.49. The molecule has 2 aromatic heterocycles. The van der Waals surface area contributed by atoms with Crippen molar-refractivity contribution in [2.45, 2.75) is 57.4 Å². The molecule has 3 heterocycles. The lowest BCUT2D eigenvalue weighted by atomic mass is 9.73. The van der Waals surface area contributed by atoms with Crippen molar-refractivity contribution in [3.8, 4) is 0 Å². The van der Waals surface area contributed by atoms with E-state index >= 15 is 0 Å². The second-order valence-corrected chi connectivity index (χ2v) is 8.71. The summed E-state index contributed by atoms with van der Waals surface area (Å²) < 4.78 is 8.43. The first-order chi connectivity index (χ1) is 14.8. The fourth-order valence-corrected chi connectivity index (χ4v) is 5.20. The van der Waals surface area contributed by atoms with E-state index in [4.69, 9.17) is 4.74 Å². The van der Waals surface area contributed by atoms with E-state index in [-0.39, 0.29) is 11.5 Å². The van der Waals surface area contributed by atoms with Crippen molar-refractivity contribution in [1.82, 2.24) is 19.7 Å². The van der Waals surface area contributed by atoms with Gasteiger partial charge in [-0.25, -0.2) is 0 Å². The quantitative estimate of drug-likeness (QED) is 0.609. The van der Waals surface area contributed by atoms with Gasteiger partial charge in [-0.2, -0.15) is 5.10 Å². The van der Waals surface area contributed by atoms with Crippen LogP contribution in [0.15, 0.2) is 61.2 Å². The molecular weight excluding hydrogens is 372 g/mol. The molecule has 0 radical (unpaired) electrons. The number of fused-ring (bicyclic) bond motifs is 2. The molecule has 0 N–H and O–H groups in total. The van der Waals surface area contributed by atoms with E-state index in [1.54, 1.807) is 0 Å².